The van der Waals surface area contributed by atoms with Crippen molar-refractivity contribution in [1.82, 2.24) is 20.3 Å². The average molecular weight is 340 g/mol. The molecule has 0 unspecified atom stereocenters. The summed E-state index contributed by atoms with van der Waals surface area (Å²) in [6.45, 7) is 1.01. The van der Waals surface area contributed by atoms with E-state index < -0.39 is 0 Å². The number of H-pyrrole nitrogens is 1. The minimum Gasteiger partial charge on any atom is -0.370 e. The Balaban J connectivity index is 1.45. The maximum absolute atomic E-state index is 13.2. The number of halogens is 1. The molecule has 128 valence electrons. The van der Waals surface area contributed by atoms with Gasteiger partial charge in [-0.05, 0) is 43.2 Å². The predicted octanol–water partition coefficient (Wildman–Crippen LogP) is 2.88. The van der Waals surface area contributed by atoms with Crippen molar-refractivity contribution in [3.8, 4) is 0 Å². The number of rotatable bonds is 4. The number of benzene rings is 1. The lowest BCUT2D eigenvalue weighted by molar-refractivity contribution is 0.0945. The molecule has 1 aromatic carbocycles. The summed E-state index contributed by atoms with van der Waals surface area (Å²) < 4.78 is 18.8. The highest BCUT2D eigenvalue weighted by atomic mass is 19.1. The van der Waals surface area contributed by atoms with Crippen LogP contribution in [0.3, 0.4) is 0 Å². The summed E-state index contributed by atoms with van der Waals surface area (Å²) in [5.74, 6) is 0.0559. The molecule has 4 rings (SSSR count). The number of ether oxygens (including phenoxy) is 1. The highest BCUT2D eigenvalue weighted by molar-refractivity contribution is 5.97. The summed E-state index contributed by atoms with van der Waals surface area (Å²) in [4.78, 5) is 24.0. The molecule has 7 heteroatoms. The van der Waals surface area contributed by atoms with Crippen molar-refractivity contribution in [1.29, 1.82) is 0 Å². The fourth-order valence-corrected chi connectivity index (χ4v) is 2.94. The van der Waals surface area contributed by atoms with Crippen LogP contribution >= 0.6 is 0 Å². The SMILES string of the molecule is O=C(NCc1ccnc([C@@H]2CCCO2)n1)c1cc2cc(F)ccc2[nH]1. The Morgan fingerprint density at radius 3 is 3.12 bits per heavy atom. The summed E-state index contributed by atoms with van der Waals surface area (Å²) in [5, 5.41) is 3.47. The van der Waals surface area contributed by atoms with Crippen LogP contribution in [0.1, 0.15) is 41.0 Å². The molecule has 1 aliphatic rings. The van der Waals surface area contributed by atoms with Crippen LogP contribution in [0, 0.1) is 5.82 Å². The van der Waals surface area contributed by atoms with Crippen LogP contribution in [-0.4, -0.2) is 27.5 Å². The number of aromatic nitrogens is 3. The van der Waals surface area contributed by atoms with E-state index in [4.69, 9.17) is 4.74 Å². The van der Waals surface area contributed by atoms with E-state index in [1.54, 1.807) is 24.4 Å². The number of amides is 1. The second-order valence-electron chi connectivity index (χ2n) is 6.01. The van der Waals surface area contributed by atoms with Crippen molar-refractivity contribution in [3.63, 3.8) is 0 Å². The van der Waals surface area contributed by atoms with Crippen LogP contribution < -0.4 is 5.32 Å². The number of nitrogens with one attached hydrogen (secondary N) is 2. The summed E-state index contributed by atoms with van der Waals surface area (Å²) >= 11 is 0. The number of carbonyl (C=O) groups excluding carboxylic acids is 1. The van der Waals surface area contributed by atoms with Gasteiger partial charge in [-0.2, -0.15) is 0 Å². The molecule has 25 heavy (non-hydrogen) atoms. The van der Waals surface area contributed by atoms with E-state index in [0.29, 0.717) is 22.4 Å². The van der Waals surface area contributed by atoms with Crippen LogP contribution in [0.4, 0.5) is 4.39 Å². The normalized spacial score (nSPS) is 17.1. The molecule has 1 saturated heterocycles. The monoisotopic (exact) mass is 340 g/mol. The summed E-state index contributed by atoms with van der Waals surface area (Å²) in [6.07, 6.45) is 3.55. The number of fused-ring (bicyclic) bond motifs is 1. The lowest BCUT2D eigenvalue weighted by Crippen LogP contribution is -2.24. The molecule has 3 heterocycles. The van der Waals surface area contributed by atoms with E-state index in [1.807, 2.05) is 0 Å². The van der Waals surface area contributed by atoms with Crippen LogP contribution in [0.25, 0.3) is 10.9 Å². The molecule has 6 nitrogen and oxygen atoms in total. The third-order valence-corrected chi connectivity index (χ3v) is 4.21. The number of nitrogens with zero attached hydrogens (tertiary/aromatic N) is 2. The first-order valence-corrected chi connectivity index (χ1v) is 8.19. The summed E-state index contributed by atoms with van der Waals surface area (Å²) in [6, 6.07) is 7.75. The molecule has 1 atom stereocenters. The van der Waals surface area contributed by atoms with Gasteiger partial charge in [-0.1, -0.05) is 0 Å². The second kappa shape index (κ2) is 6.60. The van der Waals surface area contributed by atoms with E-state index >= 15 is 0 Å². The van der Waals surface area contributed by atoms with Gasteiger partial charge in [-0.15, -0.1) is 0 Å². The zero-order valence-electron chi connectivity index (χ0n) is 13.5. The van der Waals surface area contributed by atoms with Gasteiger partial charge in [0.2, 0.25) is 0 Å². The van der Waals surface area contributed by atoms with Gasteiger partial charge in [0.05, 0.1) is 12.2 Å². The van der Waals surface area contributed by atoms with Gasteiger partial charge in [-0.25, -0.2) is 14.4 Å². The third kappa shape index (κ3) is 3.36. The Bertz CT molecular complexity index is 918. The van der Waals surface area contributed by atoms with Gasteiger partial charge in [0.25, 0.3) is 5.91 Å². The Labute approximate surface area is 143 Å². The van der Waals surface area contributed by atoms with Crippen LogP contribution in [0.15, 0.2) is 36.5 Å². The maximum atomic E-state index is 13.2. The van der Waals surface area contributed by atoms with E-state index in [9.17, 15) is 9.18 Å². The number of carbonyl (C=O) groups is 1. The molecule has 0 saturated carbocycles. The second-order valence-corrected chi connectivity index (χ2v) is 6.01. The van der Waals surface area contributed by atoms with Crippen molar-refractivity contribution < 1.29 is 13.9 Å². The fourth-order valence-electron chi connectivity index (χ4n) is 2.94. The lowest BCUT2D eigenvalue weighted by Gasteiger charge is -2.09. The first-order chi connectivity index (χ1) is 12.2. The zero-order valence-corrected chi connectivity index (χ0v) is 13.5. The number of hydrogen-bond donors (Lipinski definition) is 2. The van der Waals surface area contributed by atoms with Gasteiger partial charge in [0.15, 0.2) is 5.82 Å². The van der Waals surface area contributed by atoms with Gasteiger partial charge >= 0.3 is 0 Å². The molecule has 0 bridgehead atoms. The number of aromatic amines is 1. The molecule has 0 spiro atoms. The van der Waals surface area contributed by atoms with Gasteiger partial charge in [0, 0.05) is 23.7 Å². The van der Waals surface area contributed by atoms with Gasteiger partial charge < -0.3 is 15.0 Å². The van der Waals surface area contributed by atoms with Crippen molar-refractivity contribution in [2.45, 2.75) is 25.5 Å². The standard InChI is InChI=1S/C18H17FN4O2/c19-12-3-4-14-11(8-12)9-15(23-14)18(24)21-10-13-5-6-20-17(22-13)16-2-1-7-25-16/h3-6,8-9,16,23H,1-2,7,10H2,(H,21,24)/t16-/m0/s1. The molecule has 3 aromatic rings. The Kier molecular flexibility index (Phi) is 4.15. The molecular weight excluding hydrogens is 323 g/mol. The van der Waals surface area contributed by atoms with E-state index in [1.165, 1.54) is 12.1 Å². The fraction of sp³-hybridized carbons (Fsp3) is 0.278. The van der Waals surface area contributed by atoms with Crippen LogP contribution in [0.2, 0.25) is 0 Å². The summed E-state index contributed by atoms with van der Waals surface area (Å²) in [5.41, 5.74) is 1.82. The van der Waals surface area contributed by atoms with E-state index in [-0.39, 0.29) is 24.4 Å². The van der Waals surface area contributed by atoms with Crippen molar-refractivity contribution in [3.05, 3.63) is 59.6 Å². The molecule has 2 N–H and O–H groups in total. The topological polar surface area (TPSA) is 79.9 Å². The molecule has 2 aromatic heterocycles. The van der Waals surface area contributed by atoms with Gasteiger partial charge in [0.1, 0.15) is 17.6 Å². The Morgan fingerprint density at radius 1 is 1.36 bits per heavy atom. The minimum absolute atomic E-state index is 0.0562. The molecule has 0 radical (unpaired) electrons. The maximum Gasteiger partial charge on any atom is 0.268 e. The lowest BCUT2D eigenvalue weighted by atomic mass is 10.2. The third-order valence-electron chi connectivity index (χ3n) is 4.21. The Hall–Kier alpha value is -2.80. The largest absolute Gasteiger partial charge is 0.370 e. The van der Waals surface area contributed by atoms with Crippen molar-refractivity contribution in [2.24, 2.45) is 0 Å². The molecule has 1 fully saturated rings. The van der Waals surface area contributed by atoms with Crippen molar-refractivity contribution >= 4 is 16.8 Å². The highest BCUT2D eigenvalue weighted by Crippen LogP contribution is 2.25. The van der Waals surface area contributed by atoms with Crippen LogP contribution in [0.5, 0.6) is 0 Å². The van der Waals surface area contributed by atoms with Crippen molar-refractivity contribution in [2.75, 3.05) is 6.61 Å². The number of hydrogen-bond acceptors (Lipinski definition) is 4. The molecular formula is C18H17FN4O2. The van der Waals surface area contributed by atoms with Crippen LogP contribution in [-0.2, 0) is 11.3 Å². The first kappa shape index (κ1) is 15.7. The summed E-state index contributed by atoms with van der Waals surface area (Å²) in [7, 11) is 0. The Morgan fingerprint density at radius 2 is 2.28 bits per heavy atom. The average Bonchev–Trinajstić information content (AvgIpc) is 3.29. The smallest absolute Gasteiger partial charge is 0.268 e. The first-order valence-electron chi connectivity index (χ1n) is 8.19. The zero-order chi connectivity index (χ0) is 17.2. The van der Waals surface area contributed by atoms with Gasteiger partial charge in [-0.3, -0.25) is 4.79 Å². The molecule has 1 amide bonds. The van der Waals surface area contributed by atoms with E-state index in [2.05, 4.69) is 20.3 Å². The molecule has 0 aliphatic carbocycles. The molecule has 1 aliphatic heterocycles. The minimum atomic E-state index is -0.332. The quantitative estimate of drug-likeness (QED) is 0.765. The predicted molar refractivity (Wildman–Crippen MR) is 89.4 cm³/mol. The van der Waals surface area contributed by atoms with E-state index in [0.717, 1.165) is 25.1 Å². The highest BCUT2D eigenvalue weighted by Gasteiger charge is 2.20.